The van der Waals surface area contributed by atoms with Gasteiger partial charge in [-0.25, -0.2) is 4.68 Å². The van der Waals surface area contributed by atoms with Gasteiger partial charge in [0, 0.05) is 12.2 Å². The third-order valence-corrected chi connectivity index (χ3v) is 2.81. The van der Waals surface area contributed by atoms with Crippen molar-refractivity contribution in [2.45, 2.75) is 13.8 Å². The number of carbonyl (C=O) groups is 1. The molecule has 2 aromatic rings. The molecule has 0 aliphatic heterocycles. The van der Waals surface area contributed by atoms with Crippen LogP contribution >= 0.6 is 0 Å². The zero-order valence-electron chi connectivity index (χ0n) is 11.2. The van der Waals surface area contributed by atoms with Gasteiger partial charge in [0.25, 0.3) is 5.91 Å². The number of rotatable bonds is 4. The zero-order valence-corrected chi connectivity index (χ0v) is 11.2. The predicted molar refractivity (Wildman–Crippen MR) is 75.6 cm³/mol. The molecule has 0 bridgehead atoms. The van der Waals surface area contributed by atoms with Crippen molar-refractivity contribution in [2.24, 2.45) is 0 Å². The van der Waals surface area contributed by atoms with Gasteiger partial charge in [0.05, 0.1) is 5.69 Å². The molecular weight excluding hydrogens is 238 g/mol. The summed E-state index contributed by atoms with van der Waals surface area (Å²) >= 11 is 0. The van der Waals surface area contributed by atoms with Crippen molar-refractivity contribution < 1.29 is 4.79 Å². The van der Waals surface area contributed by atoms with Crippen molar-refractivity contribution in [3.63, 3.8) is 0 Å². The topological polar surface area (TPSA) is 46.9 Å². The molecule has 4 nitrogen and oxygen atoms in total. The van der Waals surface area contributed by atoms with E-state index in [9.17, 15) is 4.79 Å². The van der Waals surface area contributed by atoms with Gasteiger partial charge in [0.15, 0.2) is 5.69 Å². The molecule has 98 valence electrons. The second kappa shape index (κ2) is 5.52. The highest BCUT2D eigenvalue weighted by Crippen LogP contribution is 2.13. The first-order valence-corrected chi connectivity index (χ1v) is 6.14. The van der Waals surface area contributed by atoms with Crippen molar-refractivity contribution in [3.05, 3.63) is 59.9 Å². The largest absolute Gasteiger partial charge is 0.347 e. The van der Waals surface area contributed by atoms with E-state index in [0.717, 1.165) is 11.4 Å². The number of amides is 1. The standard InChI is InChI=1S/C15H17N3O/c1-4-9-16-15(19)14-10-12(3)18(17-14)13-7-5-11(2)6-8-13/h4-8,10H,1,9H2,2-3H3,(H,16,19). The summed E-state index contributed by atoms with van der Waals surface area (Å²) in [7, 11) is 0. The molecule has 0 saturated carbocycles. The van der Waals surface area contributed by atoms with Gasteiger partial charge >= 0.3 is 0 Å². The van der Waals surface area contributed by atoms with Crippen molar-refractivity contribution in [1.82, 2.24) is 15.1 Å². The Morgan fingerprint density at radius 1 is 1.37 bits per heavy atom. The molecule has 0 radical (unpaired) electrons. The second-order valence-electron chi connectivity index (χ2n) is 4.42. The highest BCUT2D eigenvalue weighted by molar-refractivity contribution is 5.92. The van der Waals surface area contributed by atoms with E-state index < -0.39 is 0 Å². The van der Waals surface area contributed by atoms with Crippen LogP contribution in [-0.2, 0) is 0 Å². The molecule has 0 fully saturated rings. The molecule has 1 amide bonds. The Kier molecular flexibility index (Phi) is 3.80. The highest BCUT2D eigenvalue weighted by atomic mass is 16.1. The van der Waals surface area contributed by atoms with Crippen LogP contribution in [0.4, 0.5) is 0 Å². The van der Waals surface area contributed by atoms with Crippen molar-refractivity contribution >= 4 is 5.91 Å². The Balaban J connectivity index is 2.28. The highest BCUT2D eigenvalue weighted by Gasteiger charge is 2.12. The summed E-state index contributed by atoms with van der Waals surface area (Å²) in [6.45, 7) is 7.97. The number of aromatic nitrogens is 2. The van der Waals surface area contributed by atoms with Crippen LogP contribution in [0.15, 0.2) is 43.0 Å². The quantitative estimate of drug-likeness (QED) is 0.853. The van der Waals surface area contributed by atoms with Crippen molar-refractivity contribution in [3.8, 4) is 5.69 Å². The molecule has 0 unspecified atom stereocenters. The Bertz CT molecular complexity index is 596. The lowest BCUT2D eigenvalue weighted by molar-refractivity contribution is 0.0952. The summed E-state index contributed by atoms with van der Waals surface area (Å²) in [5, 5.41) is 7.05. The van der Waals surface area contributed by atoms with Gasteiger partial charge in [0.1, 0.15) is 0 Å². The van der Waals surface area contributed by atoms with Crippen LogP contribution in [0.5, 0.6) is 0 Å². The van der Waals surface area contributed by atoms with Crippen molar-refractivity contribution in [1.29, 1.82) is 0 Å². The first-order chi connectivity index (χ1) is 9.11. The normalized spacial score (nSPS) is 10.2. The van der Waals surface area contributed by atoms with E-state index in [1.54, 1.807) is 16.8 Å². The van der Waals surface area contributed by atoms with E-state index in [1.807, 2.05) is 38.1 Å². The van der Waals surface area contributed by atoms with E-state index >= 15 is 0 Å². The van der Waals surface area contributed by atoms with Gasteiger partial charge in [0.2, 0.25) is 0 Å². The van der Waals surface area contributed by atoms with Gasteiger partial charge in [-0.05, 0) is 32.0 Å². The fourth-order valence-electron chi connectivity index (χ4n) is 1.79. The van der Waals surface area contributed by atoms with Crippen LogP contribution in [-0.4, -0.2) is 22.2 Å². The number of aryl methyl sites for hydroxylation is 2. The Morgan fingerprint density at radius 3 is 2.68 bits per heavy atom. The summed E-state index contributed by atoms with van der Waals surface area (Å²) in [5.41, 5.74) is 3.48. The van der Waals surface area contributed by atoms with Crippen LogP contribution in [0.1, 0.15) is 21.7 Å². The number of carbonyl (C=O) groups excluding carboxylic acids is 1. The van der Waals surface area contributed by atoms with Crippen LogP contribution in [0, 0.1) is 13.8 Å². The lowest BCUT2D eigenvalue weighted by Gasteiger charge is -2.04. The summed E-state index contributed by atoms with van der Waals surface area (Å²) in [6.07, 6.45) is 1.64. The van der Waals surface area contributed by atoms with Crippen LogP contribution < -0.4 is 5.32 Å². The molecule has 0 aliphatic carbocycles. The molecule has 0 atom stereocenters. The van der Waals surface area contributed by atoms with E-state index in [1.165, 1.54) is 5.56 Å². The van der Waals surface area contributed by atoms with Gasteiger partial charge < -0.3 is 5.32 Å². The molecule has 19 heavy (non-hydrogen) atoms. The van der Waals surface area contributed by atoms with E-state index in [2.05, 4.69) is 17.0 Å². The minimum absolute atomic E-state index is 0.186. The minimum atomic E-state index is -0.186. The average Bonchev–Trinajstić information content (AvgIpc) is 2.79. The molecule has 0 spiro atoms. The molecule has 1 aromatic heterocycles. The first-order valence-electron chi connectivity index (χ1n) is 6.14. The summed E-state index contributed by atoms with van der Waals surface area (Å²) in [6, 6.07) is 9.79. The Hall–Kier alpha value is -2.36. The molecule has 1 heterocycles. The van der Waals surface area contributed by atoms with Crippen molar-refractivity contribution in [2.75, 3.05) is 6.54 Å². The van der Waals surface area contributed by atoms with Crippen LogP contribution in [0.3, 0.4) is 0 Å². The SMILES string of the molecule is C=CCNC(=O)c1cc(C)n(-c2ccc(C)cc2)n1. The molecule has 0 aliphatic rings. The fourth-order valence-corrected chi connectivity index (χ4v) is 1.79. The summed E-state index contributed by atoms with van der Waals surface area (Å²) in [5.74, 6) is -0.186. The monoisotopic (exact) mass is 255 g/mol. The number of nitrogens with zero attached hydrogens (tertiary/aromatic N) is 2. The van der Waals surface area contributed by atoms with E-state index in [-0.39, 0.29) is 5.91 Å². The van der Waals surface area contributed by atoms with Crippen LogP contribution in [0.25, 0.3) is 5.69 Å². The maximum atomic E-state index is 11.8. The van der Waals surface area contributed by atoms with E-state index in [0.29, 0.717) is 12.2 Å². The molecule has 1 N–H and O–H groups in total. The summed E-state index contributed by atoms with van der Waals surface area (Å²) in [4.78, 5) is 11.8. The number of benzene rings is 1. The van der Waals surface area contributed by atoms with Gasteiger partial charge in [-0.1, -0.05) is 23.8 Å². The number of hydrogen-bond donors (Lipinski definition) is 1. The predicted octanol–water partition coefficient (Wildman–Crippen LogP) is 2.40. The zero-order chi connectivity index (χ0) is 13.8. The second-order valence-corrected chi connectivity index (χ2v) is 4.42. The third kappa shape index (κ3) is 2.91. The van der Waals surface area contributed by atoms with Gasteiger partial charge in [-0.2, -0.15) is 5.10 Å². The third-order valence-electron chi connectivity index (χ3n) is 2.81. The number of hydrogen-bond acceptors (Lipinski definition) is 2. The molecule has 1 aromatic carbocycles. The Labute approximate surface area is 112 Å². The molecular formula is C15H17N3O. The smallest absolute Gasteiger partial charge is 0.272 e. The maximum absolute atomic E-state index is 11.8. The van der Waals surface area contributed by atoms with Gasteiger partial charge in [-0.15, -0.1) is 6.58 Å². The first kappa shape index (κ1) is 13.1. The lowest BCUT2D eigenvalue weighted by Crippen LogP contribution is -2.23. The molecule has 2 rings (SSSR count). The Morgan fingerprint density at radius 2 is 2.05 bits per heavy atom. The summed E-state index contributed by atoms with van der Waals surface area (Å²) < 4.78 is 1.77. The number of nitrogens with one attached hydrogen (secondary N) is 1. The van der Waals surface area contributed by atoms with Gasteiger partial charge in [-0.3, -0.25) is 4.79 Å². The van der Waals surface area contributed by atoms with E-state index in [4.69, 9.17) is 0 Å². The molecule has 4 heteroatoms. The molecule has 0 saturated heterocycles. The minimum Gasteiger partial charge on any atom is -0.347 e. The average molecular weight is 255 g/mol. The lowest BCUT2D eigenvalue weighted by atomic mass is 10.2. The van der Waals surface area contributed by atoms with Crippen LogP contribution in [0.2, 0.25) is 0 Å². The fraction of sp³-hybridized carbons (Fsp3) is 0.200. The maximum Gasteiger partial charge on any atom is 0.272 e.